The Bertz CT molecular complexity index is 484. The fraction of sp³-hybridized carbons (Fsp3) is 0.250. The molecule has 0 aliphatic rings. The summed E-state index contributed by atoms with van der Waals surface area (Å²) in [7, 11) is 0. The Hall–Kier alpha value is -0.910. The van der Waals surface area contributed by atoms with Crippen molar-refractivity contribution >= 4 is 33.0 Å². The van der Waals surface area contributed by atoms with Crippen molar-refractivity contribution in [1.82, 2.24) is 4.98 Å². The van der Waals surface area contributed by atoms with Gasteiger partial charge in [0.1, 0.15) is 11.0 Å². The van der Waals surface area contributed by atoms with Gasteiger partial charge in [-0.2, -0.15) is 0 Å². The minimum absolute atomic E-state index is 0.0308. The van der Waals surface area contributed by atoms with Crippen LogP contribution in [0.15, 0.2) is 34.1 Å². The van der Waals surface area contributed by atoms with Crippen molar-refractivity contribution in [2.45, 2.75) is 13.0 Å². The largest absolute Gasteiger partial charge is 0.394 e. The molecule has 1 atom stereocenters. The van der Waals surface area contributed by atoms with Crippen LogP contribution in [0.3, 0.4) is 0 Å². The number of aliphatic hydroxyl groups is 1. The van der Waals surface area contributed by atoms with Crippen LogP contribution in [-0.4, -0.2) is 16.7 Å². The van der Waals surface area contributed by atoms with Gasteiger partial charge >= 0.3 is 0 Å². The van der Waals surface area contributed by atoms with Gasteiger partial charge in [0.15, 0.2) is 0 Å². The van der Waals surface area contributed by atoms with Crippen molar-refractivity contribution in [3.63, 3.8) is 0 Å². The Morgan fingerprint density at radius 1 is 1.41 bits per heavy atom. The van der Waals surface area contributed by atoms with Crippen LogP contribution < -0.4 is 5.32 Å². The number of rotatable bonds is 4. The van der Waals surface area contributed by atoms with Crippen molar-refractivity contribution in [1.29, 1.82) is 0 Å². The van der Waals surface area contributed by atoms with E-state index in [2.05, 4.69) is 26.2 Å². The van der Waals surface area contributed by atoms with E-state index in [1.54, 1.807) is 11.3 Å². The van der Waals surface area contributed by atoms with E-state index in [0.29, 0.717) is 0 Å². The van der Waals surface area contributed by atoms with Gasteiger partial charge in [0.05, 0.1) is 6.61 Å². The van der Waals surface area contributed by atoms with E-state index >= 15 is 0 Å². The summed E-state index contributed by atoms with van der Waals surface area (Å²) < 4.78 is 1.04. The van der Waals surface area contributed by atoms with Gasteiger partial charge in [-0.1, -0.05) is 15.9 Å². The molecule has 0 radical (unpaired) electrons. The van der Waals surface area contributed by atoms with Gasteiger partial charge in [0.25, 0.3) is 0 Å². The number of hydrogen-bond acceptors (Lipinski definition) is 4. The molecule has 2 aromatic rings. The summed E-state index contributed by atoms with van der Waals surface area (Å²) in [5.74, 6) is 0. The summed E-state index contributed by atoms with van der Waals surface area (Å²) in [6, 6.07) is 7.71. The zero-order chi connectivity index (χ0) is 12.3. The summed E-state index contributed by atoms with van der Waals surface area (Å²) in [6.45, 7) is 1.98. The molecule has 1 aromatic heterocycles. The van der Waals surface area contributed by atoms with Gasteiger partial charge in [-0.3, -0.25) is 0 Å². The highest BCUT2D eigenvalue weighted by Gasteiger charge is 2.13. The van der Waals surface area contributed by atoms with E-state index in [1.165, 1.54) is 0 Å². The second-order valence-corrected chi connectivity index (χ2v) is 5.52. The van der Waals surface area contributed by atoms with Gasteiger partial charge in [-0.15, -0.1) is 11.3 Å². The highest BCUT2D eigenvalue weighted by molar-refractivity contribution is 9.10. The minimum Gasteiger partial charge on any atom is -0.394 e. The van der Waals surface area contributed by atoms with Crippen LogP contribution in [0.25, 0.3) is 0 Å². The number of hydrogen-bond donors (Lipinski definition) is 2. The van der Waals surface area contributed by atoms with Crippen molar-refractivity contribution in [2.24, 2.45) is 0 Å². The lowest BCUT2D eigenvalue weighted by Gasteiger charge is -2.15. The molecule has 0 saturated carbocycles. The zero-order valence-electron chi connectivity index (χ0n) is 9.35. The lowest BCUT2D eigenvalue weighted by Crippen LogP contribution is -2.14. The van der Waals surface area contributed by atoms with E-state index in [9.17, 15) is 5.11 Å². The topological polar surface area (TPSA) is 45.1 Å². The molecule has 0 fully saturated rings. The smallest absolute Gasteiger partial charge is 0.118 e. The molecule has 2 rings (SSSR count). The van der Waals surface area contributed by atoms with E-state index in [1.807, 2.05) is 36.6 Å². The van der Waals surface area contributed by atoms with Crippen molar-refractivity contribution in [2.75, 3.05) is 11.9 Å². The van der Waals surface area contributed by atoms with E-state index < -0.39 is 0 Å². The number of halogens is 1. The molecule has 0 aliphatic carbocycles. The van der Waals surface area contributed by atoms with Crippen LogP contribution in [0, 0.1) is 6.92 Å². The number of aliphatic hydroxyl groups excluding tert-OH is 1. The van der Waals surface area contributed by atoms with E-state index in [4.69, 9.17) is 0 Å². The fourth-order valence-electron chi connectivity index (χ4n) is 1.46. The Morgan fingerprint density at radius 2 is 2.12 bits per heavy atom. The first kappa shape index (κ1) is 12.5. The zero-order valence-corrected chi connectivity index (χ0v) is 11.8. The number of thiazole rings is 1. The van der Waals surface area contributed by atoms with Crippen LogP contribution in [0.1, 0.15) is 16.7 Å². The summed E-state index contributed by atoms with van der Waals surface area (Å²) in [5.41, 5.74) is 1.96. The monoisotopic (exact) mass is 312 g/mol. The predicted octanol–water partition coefficient (Wildman–Crippen LogP) is 3.36. The first-order chi connectivity index (χ1) is 8.19. The molecular weight excluding hydrogens is 300 g/mol. The highest BCUT2D eigenvalue weighted by atomic mass is 79.9. The molecule has 0 aliphatic heterocycles. The minimum atomic E-state index is -0.144. The van der Waals surface area contributed by atoms with Gasteiger partial charge in [0.2, 0.25) is 0 Å². The number of aromatic nitrogens is 1. The average Bonchev–Trinajstić information content (AvgIpc) is 2.75. The number of aryl methyl sites for hydroxylation is 1. The van der Waals surface area contributed by atoms with Crippen LogP contribution in [0.4, 0.5) is 5.69 Å². The molecule has 0 amide bonds. The summed E-state index contributed by atoms with van der Waals surface area (Å²) in [5, 5.41) is 15.6. The molecule has 0 saturated heterocycles. The van der Waals surface area contributed by atoms with Crippen LogP contribution in [-0.2, 0) is 0 Å². The standard InChI is InChI=1S/C12H13BrN2OS/c1-8-7-17-12(14-8)11(6-16)15-10-4-2-9(13)3-5-10/h2-5,7,11,15-16H,6H2,1H3. The maximum Gasteiger partial charge on any atom is 0.118 e. The second kappa shape index (κ2) is 5.62. The molecule has 5 heteroatoms. The van der Waals surface area contributed by atoms with Gasteiger partial charge in [-0.25, -0.2) is 4.98 Å². The number of benzene rings is 1. The third-order valence-electron chi connectivity index (χ3n) is 2.30. The van der Waals surface area contributed by atoms with Gasteiger partial charge in [-0.05, 0) is 31.2 Å². The number of nitrogens with zero attached hydrogens (tertiary/aromatic N) is 1. The molecule has 0 spiro atoms. The lowest BCUT2D eigenvalue weighted by atomic mass is 10.2. The first-order valence-electron chi connectivity index (χ1n) is 5.24. The Morgan fingerprint density at radius 3 is 2.65 bits per heavy atom. The SMILES string of the molecule is Cc1csc(C(CO)Nc2ccc(Br)cc2)n1. The Labute approximate surface area is 113 Å². The van der Waals surface area contributed by atoms with Crippen molar-refractivity contribution in [3.05, 3.63) is 44.8 Å². The average molecular weight is 313 g/mol. The summed E-state index contributed by atoms with van der Waals surface area (Å²) in [4.78, 5) is 4.38. The van der Waals surface area contributed by atoms with Crippen LogP contribution in [0.2, 0.25) is 0 Å². The molecule has 3 nitrogen and oxygen atoms in total. The molecule has 90 valence electrons. The predicted molar refractivity (Wildman–Crippen MR) is 74.4 cm³/mol. The molecular formula is C12H13BrN2OS. The summed E-state index contributed by atoms with van der Waals surface area (Å²) >= 11 is 4.95. The third-order valence-corrected chi connectivity index (χ3v) is 3.91. The maximum atomic E-state index is 9.40. The quantitative estimate of drug-likeness (QED) is 0.910. The Kier molecular flexibility index (Phi) is 4.15. The lowest BCUT2D eigenvalue weighted by molar-refractivity contribution is 0.276. The second-order valence-electron chi connectivity index (χ2n) is 3.71. The summed E-state index contributed by atoms with van der Waals surface area (Å²) in [6.07, 6.45) is 0. The van der Waals surface area contributed by atoms with E-state index in [0.717, 1.165) is 20.9 Å². The molecule has 1 unspecified atom stereocenters. The molecule has 0 bridgehead atoms. The Balaban J connectivity index is 2.12. The highest BCUT2D eigenvalue weighted by Crippen LogP contribution is 2.23. The van der Waals surface area contributed by atoms with Crippen LogP contribution >= 0.6 is 27.3 Å². The van der Waals surface area contributed by atoms with Crippen molar-refractivity contribution in [3.8, 4) is 0 Å². The van der Waals surface area contributed by atoms with Gasteiger partial charge < -0.3 is 10.4 Å². The third kappa shape index (κ3) is 3.28. The first-order valence-corrected chi connectivity index (χ1v) is 6.91. The number of nitrogens with one attached hydrogen (secondary N) is 1. The molecule has 1 aromatic carbocycles. The molecule has 17 heavy (non-hydrogen) atoms. The normalized spacial score (nSPS) is 12.4. The fourth-order valence-corrected chi connectivity index (χ4v) is 2.57. The molecule has 2 N–H and O–H groups in total. The van der Waals surface area contributed by atoms with Crippen molar-refractivity contribution < 1.29 is 5.11 Å². The maximum absolute atomic E-state index is 9.40. The number of anilines is 1. The van der Waals surface area contributed by atoms with E-state index in [-0.39, 0.29) is 12.6 Å². The van der Waals surface area contributed by atoms with Crippen LogP contribution in [0.5, 0.6) is 0 Å². The molecule has 1 heterocycles. The van der Waals surface area contributed by atoms with Gasteiger partial charge in [0, 0.05) is 21.2 Å².